The number of unbranched alkanes of at least 4 members (excludes halogenated alkanes) is 2. The molecule has 0 aliphatic heterocycles. The van der Waals surface area contributed by atoms with E-state index in [-0.39, 0.29) is 17.5 Å². The van der Waals surface area contributed by atoms with Gasteiger partial charge in [-0.15, -0.1) is 0 Å². The van der Waals surface area contributed by atoms with Crippen molar-refractivity contribution < 1.29 is 18.1 Å². The first-order valence-electron chi connectivity index (χ1n) is 10.1. The van der Waals surface area contributed by atoms with Crippen molar-refractivity contribution in [3.8, 4) is 0 Å². The molecule has 0 atom stereocenters. The van der Waals surface area contributed by atoms with Crippen molar-refractivity contribution in [1.82, 2.24) is 9.97 Å². The number of hydrogen-bond acceptors (Lipinski definition) is 6. The molecule has 1 aromatic heterocycles. The second kappa shape index (κ2) is 10.1. The molecule has 168 valence electrons. The number of rotatable bonds is 9. The Morgan fingerprint density at radius 1 is 1.03 bits per heavy atom. The molecule has 0 amide bonds. The first-order valence-corrected chi connectivity index (χ1v) is 10.1. The largest absolute Gasteiger partial charge is 0.421 e. The van der Waals surface area contributed by atoms with Crippen LogP contribution < -0.4 is 10.6 Å². The number of para-hydroxylation sites is 1. The summed E-state index contributed by atoms with van der Waals surface area (Å²) >= 11 is 0. The maximum Gasteiger partial charge on any atom is 0.421 e. The van der Waals surface area contributed by atoms with Gasteiger partial charge in [-0.2, -0.15) is 18.2 Å². The van der Waals surface area contributed by atoms with E-state index in [9.17, 15) is 23.3 Å². The number of aromatic nitrogens is 2. The first-order chi connectivity index (χ1) is 15.3. The summed E-state index contributed by atoms with van der Waals surface area (Å²) in [5.74, 6) is -0.447. The molecule has 0 aliphatic carbocycles. The Morgan fingerprint density at radius 2 is 1.75 bits per heavy atom. The van der Waals surface area contributed by atoms with Gasteiger partial charge in [0.25, 0.3) is 5.69 Å². The Balaban J connectivity index is 1.89. The second-order valence-corrected chi connectivity index (χ2v) is 7.12. The van der Waals surface area contributed by atoms with E-state index in [1.165, 1.54) is 24.3 Å². The van der Waals surface area contributed by atoms with E-state index in [4.69, 9.17) is 0 Å². The van der Waals surface area contributed by atoms with Gasteiger partial charge in [-0.25, -0.2) is 4.98 Å². The van der Waals surface area contributed by atoms with Gasteiger partial charge in [-0.3, -0.25) is 10.1 Å². The van der Waals surface area contributed by atoms with Crippen molar-refractivity contribution in [3.63, 3.8) is 0 Å². The molecular formula is C22H22F3N5O2. The third kappa shape index (κ3) is 5.93. The molecule has 3 aromatic rings. The van der Waals surface area contributed by atoms with Crippen LogP contribution in [0.1, 0.15) is 37.3 Å². The highest BCUT2D eigenvalue weighted by atomic mass is 19.4. The topological polar surface area (TPSA) is 93.0 Å². The molecule has 0 bridgehead atoms. The highest BCUT2D eigenvalue weighted by Gasteiger charge is 2.35. The molecule has 3 rings (SSSR count). The lowest BCUT2D eigenvalue weighted by molar-refractivity contribution is -0.384. The number of halogens is 3. The second-order valence-electron chi connectivity index (χ2n) is 7.12. The van der Waals surface area contributed by atoms with Crippen LogP contribution in [0.2, 0.25) is 0 Å². The molecule has 7 nitrogen and oxygen atoms in total. The molecule has 0 aliphatic rings. The molecule has 0 fully saturated rings. The van der Waals surface area contributed by atoms with Crippen LogP contribution in [0.15, 0.2) is 54.7 Å². The standard InChI is InChI=1S/C22H22F3N5O2/c1-2-3-4-7-15-8-5-6-9-19(15)28-20-18(22(23,24)25)14-26-21(29-20)27-16-10-12-17(13-11-16)30(31)32/h5-6,8-14H,2-4,7H2,1H3,(H2,26,27,28,29). The number of benzene rings is 2. The lowest BCUT2D eigenvalue weighted by atomic mass is 10.1. The number of nitrogens with zero attached hydrogens (tertiary/aromatic N) is 3. The highest BCUT2D eigenvalue weighted by Crippen LogP contribution is 2.36. The number of alkyl halides is 3. The van der Waals surface area contributed by atoms with E-state index in [0.29, 0.717) is 17.6 Å². The summed E-state index contributed by atoms with van der Waals surface area (Å²) in [7, 11) is 0. The van der Waals surface area contributed by atoms with Crippen molar-refractivity contribution in [2.75, 3.05) is 10.6 Å². The van der Waals surface area contributed by atoms with Crippen molar-refractivity contribution in [2.24, 2.45) is 0 Å². The summed E-state index contributed by atoms with van der Waals surface area (Å²) in [6, 6.07) is 12.6. The van der Waals surface area contributed by atoms with Gasteiger partial charge in [-0.1, -0.05) is 38.0 Å². The van der Waals surface area contributed by atoms with Crippen LogP contribution in [-0.4, -0.2) is 14.9 Å². The van der Waals surface area contributed by atoms with E-state index in [2.05, 4.69) is 27.5 Å². The fourth-order valence-corrected chi connectivity index (χ4v) is 3.09. The van der Waals surface area contributed by atoms with Crippen LogP contribution in [0.3, 0.4) is 0 Å². The number of nitro groups is 1. The SMILES string of the molecule is CCCCCc1ccccc1Nc1nc(Nc2ccc([N+](=O)[O-])cc2)ncc1C(F)(F)F. The molecule has 32 heavy (non-hydrogen) atoms. The summed E-state index contributed by atoms with van der Waals surface area (Å²) in [4.78, 5) is 18.0. The minimum atomic E-state index is -4.65. The molecule has 0 radical (unpaired) electrons. The van der Waals surface area contributed by atoms with Crippen LogP contribution >= 0.6 is 0 Å². The number of aryl methyl sites for hydroxylation is 1. The van der Waals surface area contributed by atoms with E-state index < -0.39 is 16.7 Å². The summed E-state index contributed by atoms with van der Waals surface area (Å²) < 4.78 is 40.7. The number of anilines is 4. The predicted octanol–water partition coefficient (Wildman–Crippen LogP) is 6.62. The zero-order valence-electron chi connectivity index (χ0n) is 17.3. The van der Waals surface area contributed by atoms with Crippen LogP contribution in [-0.2, 0) is 12.6 Å². The Bertz CT molecular complexity index is 1070. The average Bonchev–Trinajstić information content (AvgIpc) is 2.75. The highest BCUT2D eigenvalue weighted by molar-refractivity contribution is 5.65. The predicted molar refractivity (Wildman–Crippen MR) is 116 cm³/mol. The van der Waals surface area contributed by atoms with Gasteiger partial charge in [0, 0.05) is 29.7 Å². The molecule has 0 unspecified atom stereocenters. The van der Waals surface area contributed by atoms with E-state index in [1.54, 1.807) is 12.1 Å². The van der Waals surface area contributed by atoms with Crippen molar-refractivity contribution in [1.29, 1.82) is 0 Å². The lowest BCUT2D eigenvalue weighted by Crippen LogP contribution is -2.13. The molecule has 2 N–H and O–H groups in total. The van der Waals surface area contributed by atoms with Crippen molar-refractivity contribution >= 4 is 28.8 Å². The molecule has 2 aromatic carbocycles. The third-order valence-electron chi connectivity index (χ3n) is 4.75. The van der Waals surface area contributed by atoms with E-state index >= 15 is 0 Å². The minimum Gasteiger partial charge on any atom is -0.339 e. The van der Waals surface area contributed by atoms with E-state index in [1.807, 2.05) is 12.1 Å². The number of hydrogen-bond donors (Lipinski definition) is 2. The van der Waals surface area contributed by atoms with E-state index in [0.717, 1.165) is 31.2 Å². The van der Waals surface area contributed by atoms with Crippen molar-refractivity contribution in [2.45, 2.75) is 38.8 Å². The Labute approximate surface area is 182 Å². The van der Waals surface area contributed by atoms with Gasteiger partial charge in [0.2, 0.25) is 5.95 Å². The third-order valence-corrected chi connectivity index (χ3v) is 4.75. The number of nitro benzene ring substituents is 1. The zero-order chi connectivity index (χ0) is 23.1. The molecule has 0 spiro atoms. The maximum absolute atomic E-state index is 13.6. The maximum atomic E-state index is 13.6. The van der Waals surface area contributed by atoms with Gasteiger partial charge < -0.3 is 10.6 Å². The Hall–Kier alpha value is -3.69. The summed E-state index contributed by atoms with van der Waals surface area (Å²) in [6.07, 6.45) is -0.208. The quantitative estimate of drug-likeness (QED) is 0.218. The van der Waals surface area contributed by atoms with Crippen LogP contribution in [0.5, 0.6) is 0 Å². The summed E-state index contributed by atoms with van der Waals surface area (Å²) in [5, 5.41) is 16.4. The Morgan fingerprint density at radius 3 is 2.41 bits per heavy atom. The summed E-state index contributed by atoms with van der Waals surface area (Å²) in [5.41, 5.74) is 0.758. The Kier molecular flexibility index (Phi) is 7.24. The van der Waals surface area contributed by atoms with Gasteiger partial charge in [-0.05, 0) is 36.6 Å². The zero-order valence-corrected chi connectivity index (χ0v) is 17.3. The van der Waals surface area contributed by atoms with Crippen LogP contribution in [0.25, 0.3) is 0 Å². The first kappa shape index (κ1) is 23.0. The molecule has 0 saturated heterocycles. The molecular weight excluding hydrogens is 423 g/mol. The molecule has 1 heterocycles. The van der Waals surface area contributed by atoms with Gasteiger partial charge in [0.05, 0.1) is 4.92 Å². The van der Waals surface area contributed by atoms with Gasteiger partial charge in [0.1, 0.15) is 11.4 Å². The summed E-state index contributed by atoms with van der Waals surface area (Å²) in [6.45, 7) is 2.08. The van der Waals surface area contributed by atoms with Crippen LogP contribution in [0.4, 0.5) is 42.0 Å². The smallest absolute Gasteiger partial charge is 0.339 e. The van der Waals surface area contributed by atoms with Crippen molar-refractivity contribution in [3.05, 3.63) is 76.0 Å². The van der Waals surface area contributed by atoms with Gasteiger partial charge >= 0.3 is 6.18 Å². The number of nitrogens with one attached hydrogen (secondary N) is 2. The average molecular weight is 445 g/mol. The minimum absolute atomic E-state index is 0.0715. The normalized spacial score (nSPS) is 11.2. The fraction of sp³-hybridized carbons (Fsp3) is 0.273. The molecule has 10 heteroatoms. The monoisotopic (exact) mass is 445 g/mol. The molecule has 0 saturated carbocycles. The van der Waals surface area contributed by atoms with Crippen LogP contribution in [0, 0.1) is 10.1 Å². The number of non-ortho nitro benzene ring substituents is 1. The lowest BCUT2D eigenvalue weighted by Gasteiger charge is -2.17. The fourth-order valence-electron chi connectivity index (χ4n) is 3.09. The van der Waals surface area contributed by atoms with Gasteiger partial charge in [0.15, 0.2) is 0 Å².